The summed E-state index contributed by atoms with van der Waals surface area (Å²) in [5.74, 6) is 1.24. The molecule has 2 rings (SSSR count). The molecule has 4 nitrogen and oxygen atoms in total. The van der Waals surface area contributed by atoms with Gasteiger partial charge in [0, 0.05) is 20.1 Å². The summed E-state index contributed by atoms with van der Waals surface area (Å²) in [4.78, 5) is 4.15. The van der Waals surface area contributed by atoms with Crippen LogP contribution in [0.5, 0.6) is 5.75 Å². The van der Waals surface area contributed by atoms with Gasteiger partial charge >= 0.3 is 0 Å². The smallest absolute Gasteiger partial charge is 0.191 e. The van der Waals surface area contributed by atoms with Crippen molar-refractivity contribution in [2.24, 2.45) is 4.99 Å². The number of aliphatic imine (C=N–C) groups is 1. The lowest BCUT2D eigenvalue weighted by molar-refractivity contribution is 0.414. The van der Waals surface area contributed by atoms with Gasteiger partial charge in [-0.3, -0.25) is 4.99 Å². The lowest BCUT2D eigenvalue weighted by Crippen LogP contribution is -2.36. The Labute approximate surface area is 153 Å². The van der Waals surface area contributed by atoms with Crippen LogP contribution in [0, 0.1) is 5.82 Å². The number of guanidine groups is 1. The average Bonchev–Trinajstić information content (AvgIpc) is 2.55. The monoisotopic (exact) mass is 429 g/mol. The van der Waals surface area contributed by atoms with Crippen molar-refractivity contribution in [3.8, 4) is 5.75 Å². The Kier molecular flexibility index (Phi) is 8.39. The molecular weight excluding hydrogens is 408 g/mol. The van der Waals surface area contributed by atoms with Crippen LogP contribution in [0.25, 0.3) is 0 Å². The van der Waals surface area contributed by atoms with Gasteiger partial charge in [0.2, 0.25) is 0 Å². The number of nitrogens with zero attached hydrogens (tertiary/aromatic N) is 1. The van der Waals surface area contributed by atoms with E-state index < -0.39 is 0 Å². The zero-order chi connectivity index (χ0) is 15.8. The second-order valence-electron chi connectivity index (χ2n) is 4.76. The van der Waals surface area contributed by atoms with Gasteiger partial charge in [0.1, 0.15) is 11.6 Å². The van der Waals surface area contributed by atoms with Gasteiger partial charge in [-0.15, -0.1) is 24.0 Å². The Morgan fingerprint density at radius 2 is 1.65 bits per heavy atom. The van der Waals surface area contributed by atoms with Crippen molar-refractivity contribution in [1.29, 1.82) is 0 Å². The predicted octanol–water partition coefficient (Wildman–Crippen LogP) is 3.32. The quantitative estimate of drug-likeness (QED) is 0.436. The van der Waals surface area contributed by atoms with Crippen LogP contribution in [0.15, 0.2) is 53.5 Å². The van der Waals surface area contributed by atoms with Crippen LogP contribution in [-0.4, -0.2) is 20.1 Å². The Hall–Kier alpha value is -1.83. The van der Waals surface area contributed by atoms with E-state index in [9.17, 15) is 4.39 Å². The molecule has 2 N–H and O–H groups in total. The molecule has 0 unspecified atom stereocenters. The Morgan fingerprint density at radius 1 is 1.04 bits per heavy atom. The van der Waals surface area contributed by atoms with E-state index in [0.29, 0.717) is 19.0 Å². The standard InChI is InChI=1S/C17H20FN3O.HI/c1-19-17(20-11-13-5-3-7-15(18)9-13)21-12-14-6-4-8-16(10-14)22-2;/h3-10H,11-12H2,1-2H3,(H2,19,20,21);1H. The lowest BCUT2D eigenvalue weighted by atomic mass is 10.2. The fourth-order valence-electron chi connectivity index (χ4n) is 2.02. The maximum Gasteiger partial charge on any atom is 0.191 e. The molecule has 0 radical (unpaired) electrons. The molecule has 0 fully saturated rings. The van der Waals surface area contributed by atoms with Gasteiger partial charge in [-0.2, -0.15) is 0 Å². The van der Waals surface area contributed by atoms with E-state index in [1.807, 2.05) is 30.3 Å². The van der Waals surface area contributed by atoms with Crippen LogP contribution in [0.4, 0.5) is 4.39 Å². The van der Waals surface area contributed by atoms with Gasteiger partial charge in [0.25, 0.3) is 0 Å². The highest BCUT2D eigenvalue weighted by Crippen LogP contribution is 2.12. The summed E-state index contributed by atoms with van der Waals surface area (Å²) in [6.45, 7) is 1.13. The predicted molar refractivity (Wildman–Crippen MR) is 102 cm³/mol. The van der Waals surface area contributed by atoms with Gasteiger partial charge in [-0.25, -0.2) is 4.39 Å². The van der Waals surface area contributed by atoms with Crippen LogP contribution in [0.1, 0.15) is 11.1 Å². The molecule has 0 bridgehead atoms. The van der Waals surface area contributed by atoms with Crippen molar-refractivity contribution >= 4 is 29.9 Å². The molecule has 2 aromatic carbocycles. The minimum Gasteiger partial charge on any atom is -0.497 e. The molecule has 0 saturated heterocycles. The summed E-state index contributed by atoms with van der Waals surface area (Å²) < 4.78 is 18.3. The number of rotatable bonds is 5. The molecule has 0 aliphatic heterocycles. The largest absolute Gasteiger partial charge is 0.497 e. The van der Waals surface area contributed by atoms with E-state index in [2.05, 4.69) is 15.6 Å². The van der Waals surface area contributed by atoms with Gasteiger partial charge in [0.15, 0.2) is 5.96 Å². The average molecular weight is 429 g/mol. The zero-order valence-electron chi connectivity index (χ0n) is 13.2. The summed E-state index contributed by atoms with van der Waals surface area (Å²) in [7, 11) is 3.35. The van der Waals surface area contributed by atoms with E-state index in [4.69, 9.17) is 4.74 Å². The molecule has 0 saturated carbocycles. The van der Waals surface area contributed by atoms with Crippen LogP contribution in [0.3, 0.4) is 0 Å². The van der Waals surface area contributed by atoms with Crippen molar-refractivity contribution < 1.29 is 9.13 Å². The second-order valence-corrected chi connectivity index (χ2v) is 4.76. The molecule has 23 heavy (non-hydrogen) atoms. The third-order valence-corrected chi connectivity index (χ3v) is 3.17. The molecule has 0 aliphatic carbocycles. The SMILES string of the molecule is CN=C(NCc1cccc(F)c1)NCc1cccc(OC)c1.I. The Balaban J connectivity index is 0.00000264. The second kappa shape index (κ2) is 10.0. The van der Waals surface area contributed by atoms with Crippen molar-refractivity contribution in [3.63, 3.8) is 0 Å². The van der Waals surface area contributed by atoms with Gasteiger partial charge < -0.3 is 15.4 Å². The first-order valence-corrected chi connectivity index (χ1v) is 7.03. The van der Waals surface area contributed by atoms with E-state index in [-0.39, 0.29) is 29.8 Å². The minimum absolute atomic E-state index is 0. The molecule has 0 atom stereocenters. The van der Waals surface area contributed by atoms with Crippen molar-refractivity contribution in [2.75, 3.05) is 14.2 Å². The van der Waals surface area contributed by atoms with Gasteiger partial charge in [0.05, 0.1) is 7.11 Å². The number of hydrogen-bond donors (Lipinski definition) is 2. The molecule has 0 heterocycles. The van der Waals surface area contributed by atoms with Crippen LogP contribution in [-0.2, 0) is 13.1 Å². The first kappa shape index (κ1) is 19.2. The Morgan fingerprint density at radius 3 is 2.22 bits per heavy atom. The summed E-state index contributed by atoms with van der Waals surface area (Å²) in [5, 5.41) is 6.36. The summed E-state index contributed by atoms with van der Waals surface area (Å²) in [6, 6.07) is 14.3. The third kappa shape index (κ3) is 6.43. The van der Waals surface area contributed by atoms with E-state index in [1.165, 1.54) is 12.1 Å². The number of ether oxygens (including phenoxy) is 1. The minimum atomic E-state index is -0.237. The number of benzene rings is 2. The Bertz CT molecular complexity index is 649. The normalized spacial score (nSPS) is 10.7. The van der Waals surface area contributed by atoms with Crippen molar-refractivity contribution in [3.05, 3.63) is 65.5 Å². The first-order valence-electron chi connectivity index (χ1n) is 7.03. The number of halogens is 2. The summed E-state index contributed by atoms with van der Waals surface area (Å²) in [5.41, 5.74) is 1.96. The summed E-state index contributed by atoms with van der Waals surface area (Å²) in [6.07, 6.45) is 0. The molecule has 0 aromatic heterocycles. The maximum atomic E-state index is 13.1. The highest BCUT2D eigenvalue weighted by molar-refractivity contribution is 14.0. The van der Waals surface area contributed by atoms with Crippen molar-refractivity contribution in [1.82, 2.24) is 10.6 Å². The third-order valence-electron chi connectivity index (χ3n) is 3.17. The molecule has 0 amide bonds. The van der Waals surface area contributed by atoms with Gasteiger partial charge in [-0.05, 0) is 35.4 Å². The lowest BCUT2D eigenvalue weighted by Gasteiger charge is -2.12. The first-order chi connectivity index (χ1) is 10.7. The molecule has 2 aromatic rings. The van der Waals surface area contributed by atoms with Crippen LogP contribution >= 0.6 is 24.0 Å². The highest BCUT2D eigenvalue weighted by atomic mass is 127. The van der Waals surface area contributed by atoms with E-state index in [0.717, 1.165) is 16.9 Å². The number of methoxy groups -OCH3 is 1. The molecule has 6 heteroatoms. The van der Waals surface area contributed by atoms with Crippen molar-refractivity contribution in [2.45, 2.75) is 13.1 Å². The molecular formula is C17H21FIN3O. The number of nitrogens with one attached hydrogen (secondary N) is 2. The molecule has 124 valence electrons. The summed E-state index contributed by atoms with van der Waals surface area (Å²) >= 11 is 0. The molecule has 0 aliphatic rings. The maximum absolute atomic E-state index is 13.1. The highest BCUT2D eigenvalue weighted by Gasteiger charge is 2.01. The fourth-order valence-corrected chi connectivity index (χ4v) is 2.02. The topological polar surface area (TPSA) is 45.7 Å². The molecule has 0 spiro atoms. The van der Waals surface area contributed by atoms with E-state index in [1.54, 1.807) is 20.2 Å². The number of hydrogen-bond acceptors (Lipinski definition) is 2. The van der Waals surface area contributed by atoms with Crippen LogP contribution in [0.2, 0.25) is 0 Å². The van der Waals surface area contributed by atoms with E-state index >= 15 is 0 Å². The van der Waals surface area contributed by atoms with Crippen LogP contribution < -0.4 is 15.4 Å². The van der Waals surface area contributed by atoms with Gasteiger partial charge in [-0.1, -0.05) is 24.3 Å². The zero-order valence-corrected chi connectivity index (χ0v) is 15.5. The fraction of sp³-hybridized carbons (Fsp3) is 0.235.